The molecule has 1 aromatic rings. The Morgan fingerprint density at radius 1 is 1.10 bits per heavy atom. The van der Waals surface area contributed by atoms with Crippen LogP contribution < -0.4 is 0 Å². The van der Waals surface area contributed by atoms with Crippen LogP contribution in [-0.4, -0.2) is 29.7 Å². The van der Waals surface area contributed by atoms with Crippen LogP contribution in [0.25, 0.3) is 5.70 Å². The molecule has 0 aliphatic carbocycles. The van der Waals surface area contributed by atoms with E-state index in [1.165, 1.54) is 0 Å². The number of aryl methyl sites for hydroxylation is 1. The summed E-state index contributed by atoms with van der Waals surface area (Å²) in [5, 5.41) is 0. The first-order valence-electron chi connectivity index (χ1n) is 6.64. The van der Waals surface area contributed by atoms with Crippen molar-refractivity contribution in [1.29, 1.82) is 0 Å². The number of esters is 2. The first-order chi connectivity index (χ1) is 9.43. The predicted molar refractivity (Wildman–Crippen MR) is 76.3 cm³/mol. The maximum absolute atomic E-state index is 12.1. The molecule has 110 valence electrons. The van der Waals surface area contributed by atoms with E-state index in [9.17, 15) is 9.59 Å². The van der Waals surface area contributed by atoms with Crippen molar-refractivity contribution in [3.63, 3.8) is 0 Å². The molecule has 0 saturated heterocycles. The summed E-state index contributed by atoms with van der Waals surface area (Å²) >= 11 is 0. The maximum atomic E-state index is 12.1. The fraction of sp³-hybridized carbons (Fsp3) is 0.467. The highest BCUT2D eigenvalue weighted by Crippen LogP contribution is 2.21. The zero-order valence-corrected chi connectivity index (χ0v) is 12.6. The fourth-order valence-corrected chi connectivity index (χ4v) is 1.92. The zero-order valence-electron chi connectivity index (χ0n) is 12.6. The molecule has 5 nitrogen and oxygen atoms in total. The molecular formula is C15H21NO4. The minimum Gasteiger partial charge on any atom is -0.461 e. The number of hydrogen-bond acceptors (Lipinski definition) is 4. The van der Waals surface area contributed by atoms with Crippen LogP contribution in [0.2, 0.25) is 0 Å². The summed E-state index contributed by atoms with van der Waals surface area (Å²) in [5.41, 5.74) is 2.23. The monoisotopic (exact) mass is 279 g/mol. The van der Waals surface area contributed by atoms with E-state index in [4.69, 9.17) is 9.47 Å². The van der Waals surface area contributed by atoms with Crippen LogP contribution in [0.3, 0.4) is 0 Å². The zero-order chi connectivity index (χ0) is 15.3. The van der Waals surface area contributed by atoms with E-state index in [1.54, 1.807) is 44.4 Å². The number of carbonyl (C=O) groups excluding carboxylic acids is 2. The minimum absolute atomic E-state index is 0.282. The Morgan fingerprint density at radius 2 is 1.70 bits per heavy atom. The maximum Gasteiger partial charge on any atom is 0.355 e. The number of hydrogen-bond donors (Lipinski definition) is 0. The van der Waals surface area contributed by atoms with Gasteiger partial charge in [0.05, 0.1) is 13.2 Å². The van der Waals surface area contributed by atoms with Crippen LogP contribution in [0.1, 0.15) is 43.9 Å². The Kier molecular flexibility index (Phi) is 5.55. The molecule has 0 bridgehead atoms. The predicted octanol–water partition coefficient (Wildman–Crippen LogP) is 2.79. The standard InChI is InChI=1S/C15H21NO4/c1-6-19-14(17)12-9-8-11(5)16(12)13(10(3)4)15(18)20-7-2/h8-9H,6-7H2,1-5H3. The molecule has 0 aliphatic rings. The molecule has 5 heteroatoms. The molecule has 0 aromatic carbocycles. The summed E-state index contributed by atoms with van der Waals surface area (Å²) in [6, 6.07) is 3.42. The molecule has 0 fully saturated rings. The first-order valence-corrected chi connectivity index (χ1v) is 6.64. The summed E-state index contributed by atoms with van der Waals surface area (Å²) in [6.45, 7) is 9.49. The number of nitrogens with zero attached hydrogens (tertiary/aromatic N) is 1. The Morgan fingerprint density at radius 3 is 2.20 bits per heavy atom. The van der Waals surface area contributed by atoms with E-state index in [2.05, 4.69) is 0 Å². The van der Waals surface area contributed by atoms with Crippen molar-refractivity contribution < 1.29 is 19.1 Å². The van der Waals surface area contributed by atoms with Crippen LogP contribution in [0, 0.1) is 6.92 Å². The number of ether oxygens (including phenoxy) is 2. The quantitative estimate of drug-likeness (QED) is 0.614. The lowest BCUT2D eigenvalue weighted by atomic mass is 10.2. The lowest BCUT2D eigenvalue weighted by Gasteiger charge is -2.15. The van der Waals surface area contributed by atoms with Crippen molar-refractivity contribution in [1.82, 2.24) is 4.57 Å². The molecule has 1 heterocycles. The SMILES string of the molecule is CCOC(=O)C(=C(C)C)n1c(C)ccc1C(=O)OCC. The summed E-state index contributed by atoms with van der Waals surface area (Å²) in [6.07, 6.45) is 0. The molecule has 0 aliphatic heterocycles. The van der Waals surface area contributed by atoms with Crippen molar-refractivity contribution >= 4 is 17.6 Å². The van der Waals surface area contributed by atoms with Gasteiger partial charge in [-0.05, 0) is 52.3 Å². The normalized spacial score (nSPS) is 10.1. The van der Waals surface area contributed by atoms with Crippen LogP contribution in [0.5, 0.6) is 0 Å². The van der Waals surface area contributed by atoms with Gasteiger partial charge in [0.2, 0.25) is 0 Å². The molecule has 0 saturated carbocycles. The molecule has 0 spiro atoms. The highest BCUT2D eigenvalue weighted by Gasteiger charge is 2.23. The Labute approximate surface area is 119 Å². The second-order valence-electron chi connectivity index (χ2n) is 4.48. The van der Waals surface area contributed by atoms with Gasteiger partial charge in [0.15, 0.2) is 0 Å². The molecular weight excluding hydrogens is 258 g/mol. The number of rotatable bonds is 5. The van der Waals surface area contributed by atoms with E-state index >= 15 is 0 Å². The second kappa shape index (κ2) is 6.93. The van der Waals surface area contributed by atoms with Gasteiger partial charge in [0, 0.05) is 5.69 Å². The van der Waals surface area contributed by atoms with Gasteiger partial charge in [0.25, 0.3) is 0 Å². The van der Waals surface area contributed by atoms with Crippen LogP contribution >= 0.6 is 0 Å². The molecule has 0 N–H and O–H groups in total. The molecule has 1 aromatic heterocycles. The third kappa shape index (κ3) is 3.29. The smallest absolute Gasteiger partial charge is 0.355 e. The summed E-state index contributed by atoms with van der Waals surface area (Å²) < 4.78 is 11.7. The number of allylic oxidation sites excluding steroid dienone is 1. The molecule has 0 atom stereocenters. The molecule has 0 unspecified atom stereocenters. The summed E-state index contributed by atoms with van der Waals surface area (Å²) in [4.78, 5) is 24.1. The van der Waals surface area contributed by atoms with Gasteiger partial charge >= 0.3 is 11.9 Å². The molecule has 0 amide bonds. The average Bonchev–Trinajstić information content (AvgIpc) is 2.72. The highest BCUT2D eigenvalue weighted by molar-refractivity contribution is 6.12. The van der Waals surface area contributed by atoms with E-state index in [1.807, 2.05) is 6.92 Å². The fourth-order valence-electron chi connectivity index (χ4n) is 1.92. The van der Waals surface area contributed by atoms with Crippen LogP contribution in [0.15, 0.2) is 17.7 Å². The van der Waals surface area contributed by atoms with Crippen LogP contribution in [0.4, 0.5) is 0 Å². The van der Waals surface area contributed by atoms with Gasteiger partial charge in [-0.25, -0.2) is 9.59 Å². The van der Waals surface area contributed by atoms with E-state index in [0.717, 1.165) is 11.3 Å². The van der Waals surface area contributed by atoms with E-state index in [-0.39, 0.29) is 13.2 Å². The third-order valence-corrected chi connectivity index (χ3v) is 2.73. The van der Waals surface area contributed by atoms with Gasteiger partial charge in [-0.2, -0.15) is 0 Å². The van der Waals surface area contributed by atoms with Gasteiger partial charge in [0.1, 0.15) is 11.4 Å². The third-order valence-electron chi connectivity index (χ3n) is 2.73. The Bertz CT molecular complexity index is 536. The average molecular weight is 279 g/mol. The topological polar surface area (TPSA) is 57.5 Å². The lowest BCUT2D eigenvalue weighted by molar-refractivity contribution is -0.136. The number of aromatic nitrogens is 1. The summed E-state index contributed by atoms with van der Waals surface area (Å²) in [7, 11) is 0. The Hall–Kier alpha value is -2.04. The van der Waals surface area contributed by atoms with Gasteiger partial charge < -0.3 is 14.0 Å². The van der Waals surface area contributed by atoms with Gasteiger partial charge in [-0.1, -0.05) is 0 Å². The minimum atomic E-state index is -0.455. The van der Waals surface area contributed by atoms with Crippen molar-refractivity contribution in [3.8, 4) is 0 Å². The van der Waals surface area contributed by atoms with Crippen molar-refractivity contribution in [2.24, 2.45) is 0 Å². The molecule has 0 radical (unpaired) electrons. The van der Waals surface area contributed by atoms with E-state index in [0.29, 0.717) is 11.4 Å². The summed E-state index contributed by atoms with van der Waals surface area (Å²) in [5.74, 6) is -0.902. The highest BCUT2D eigenvalue weighted by atomic mass is 16.5. The lowest BCUT2D eigenvalue weighted by Crippen LogP contribution is -2.19. The largest absolute Gasteiger partial charge is 0.461 e. The van der Waals surface area contributed by atoms with E-state index < -0.39 is 11.9 Å². The van der Waals surface area contributed by atoms with Gasteiger partial charge in [-0.3, -0.25) is 0 Å². The second-order valence-corrected chi connectivity index (χ2v) is 4.48. The van der Waals surface area contributed by atoms with Crippen molar-refractivity contribution in [3.05, 3.63) is 29.1 Å². The number of carbonyl (C=O) groups is 2. The van der Waals surface area contributed by atoms with Crippen LogP contribution in [-0.2, 0) is 14.3 Å². The van der Waals surface area contributed by atoms with Crippen molar-refractivity contribution in [2.45, 2.75) is 34.6 Å². The molecule has 20 heavy (non-hydrogen) atoms. The van der Waals surface area contributed by atoms with Gasteiger partial charge in [-0.15, -0.1) is 0 Å². The first kappa shape index (κ1) is 16.0. The molecule has 1 rings (SSSR count). The Balaban J connectivity index is 3.36. The van der Waals surface area contributed by atoms with Crippen molar-refractivity contribution in [2.75, 3.05) is 13.2 Å².